The van der Waals surface area contributed by atoms with Crippen LogP contribution in [0.15, 0.2) is 4.42 Å². The van der Waals surface area contributed by atoms with Gasteiger partial charge in [0.2, 0.25) is 11.8 Å². The van der Waals surface area contributed by atoms with Crippen molar-refractivity contribution < 1.29 is 4.42 Å². The molecule has 5 heteroatoms. The molecule has 2 unspecified atom stereocenters. The predicted octanol–water partition coefficient (Wildman–Crippen LogP) is 1.66. The maximum absolute atomic E-state index is 5.62. The summed E-state index contributed by atoms with van der Waals surface area (Å²) in [6, 6.07) is -0.160. The highest BCUT2D eigenvalue weighted by Crippen LogP contribution is 2.39. The lowest BCUT2D eigenvalue weighted by molar-refractivity contribution is 0.422. The molecular weight excluding hydrogens is 186 g/mol. The number of nitrogens with two attached hydrogens (primary N) is 1. The highest BCUT2D eigenvalue weighted by Gasteiger charge is 2.23. The van der Waals surface area contributed by atoms with Crippen LogP contribution < -0.4 is 5.73 Å². The molecule has 1 aromatic heterocycles. The summed E-state index contributed by atoms with van der Waals surface area (Å²) in [4.78, 5) is 0. The summed E-state index contributed by atoms with van der Waals surface area (Å²) in [7, 11) is 0. The molecule has 72 valence electrons. The average molecular weight is 199 g/mol. The van der Waals surface area contributed by atoms with E-state index in [9.17, 15) is 0 Å². The highest BCUT2D eigenvalue weighted by molar-refractivity contribution is 7.99. The summed E-state index contributed by atoms with van der Waals surface area (Å²) >= 11 is 1.88. The molecule has 0 amide bonds. The molecule has 0 bridgehead atoms. The SMILES string of the molecule is CC(N)c1nnc(C2CCCS2)o1. The van der Waals surface area contributed by atoms with E-state index in [1.54, 1.807) is 0 Å². The summed E-state index contributed by atoms with van der Waals surface area (Å²) in [5.74, 6) is 2.48. The monoisotopic (exact) mass is 199 g/mol. The summed E-state index contributed by atoms with van der Waals surface area (Å²) in [5.41, 5.74) is 5.62. The van der Waals surface area contributed by atoms with Crippen LogP contribution in [0.4, 0.5) is 0 Å². The topological polar surface area (TPSA) is 64.9 Å². The van der Waals surface area contributed by atoms with Crippen molar-refractivity contribution in [2.45, 2.75) is 31.1 Å². The largest absolute Gasteiger partial charge is 0.422 e. The van der Waals surface area contributed by atoms with Crippen molar-refractivity contribution in [3.8, 4) is 0 Å². The lowest BCUT2D eigenvalue weighted by Gasteiger charge is -2.00. The van der Waals surface area contributed by atoms with Crippen molar-refractivity contribution in [3.63, 3.8) is 0 Å². The number of thioether (sulfide) groups is 1. The Bertz CT molecular complexity index is 281. The van der Waals surface area contributed by atoms with E-state index in [0.29, 0.717) is 11.1 Å². The first-order valence-corrected chi connectivity index (χ1v) is 5.52. The van der Waals surface area contributed by atoms with Crippen LogP contribution in [0, 0.1) is 0 Å². The van der Waals surface area contributed by atoms with Gasteiger partial charge in [-0.3, -0.25) is 0 Å². The first-order valence-electron chi connectivity index (χ1n) is 4.48. The molecule has 2 rings (SSSR count). The summed E-state index contributed by atoms with van der Waals surface area (Å²) < 4.78 is 5.46. The third-order valence-corrected chi connectivity index (χ3v) is 3.41. The molecule has 2 atom stereocenters. The van der Waals surface area contributed by atoms with Crippen LogP contribution in [0.5, 0.6) is 0 Å². The van der Waals surface area contributed by atoms with Crippen molar-refractivity contribution in [3.05, 3.63) is 11.8 Å². The minimum absolute atomic E-state index is 0.160. The molecular formula is C8H13N3OS. The van der Waals surface area contributed by atoms with Gasteiger partial charge in [-0.15, -0.1) is 22.0 Å². The Balaban J connectivity index is 2.12. The van der Waals surface area contributed by atoms with Crippen LogP contribution >= 0.6 is 11.8 Å². The van der Waals surface area contributed by atoms with Crippen molar-refractivity contribution in [2.24, 2.45) is 5.73 Å². The van der Waals surface area contributed by atoms with Crippen LogP contribution in [-0.2, 0) is 0 Å². The standard InChI is InChI=1S/C8H13N3OS/c1-5(9)7-10-11-8(12-7)6-3-2-4-13-6/h5-6H,2-4,9H2,1H3. The average Bonchev–Trinajstić information content (AvgIpc) is 2.75. The van der Waals surface area contributed by atoms with Gasteiger partial charge in [0.1, 0.15) is 0 Å². The van der Waals surface area contributed by atoms with E-state index in [2.05, 4.69) is 10.2 Å². The van der Waals surface area contributed by atoms with Crippen molar-refractivity contribution in [1.82, 2.24) is 10.2 Å². The molecule has 1 aliphatic heterocycles. The Morgan fingerprint density at radius 1 is 1.62 bits per heavy atom. The third kappa shape index (κ3) is 1.86. The second-order valence-corrected chi connectivity index (χ2v) is 4.58. The minimum Gasteiger partial charge on any atom is -0.422 e. The number of hydrogen-bond donors (Lipinski definition) is 1. The second kappa shape index (κ2) is 3.67. The molecule has 13 heavy (non-hydrogen) atoms. The normalized spacial score (nSPS) is 24.9. The van der Waals surface area contributed by atoms with Gasteiger partial charge in [-0.05, 0) is 25.5 Å². The Hall–Kier alpha value is -0.550. The fraction of sp³-hybridized carbons (Fsp3) is 0.750. The molecule has 1 aliphatic rings. The molecule has 0 saturated carbocycles. The van der Waals surface area contributed by atoms with Crippen LogP contribution in [0.2, 0.25) is 0 Å². The number of nitrogens with zero attached hydrogens (tertiary/aromatic N) is 2. The zero-order valence-corrected chi connectivity index (χ0v) is 8.38. The van der Waals surface area contributed by atoms with Gasteiger partial charge in [0.25, 0.3) is 0 Å². The van der Waals surface area contributed by atoms with E-state index < -0.39 is 0 Å². The fourth-order valence-corrected chi connectivity index (χ4v) is 2.52. The van der Waals surface area contributed by atoms with E-state index >= 15 is 0 Å². The van der Waals surface area contributed by atoms with E-state index in [1.807, 2.05) is 18.7 Å². The van der Waals surface area contributed by atoms with Gasteiger partial charge in [-0.1, -0.05) is 0 Å². The molecule has 4 nitrogen and oxygen atoms in total. The van der Waals surface area contributed by atoms with Crippen LogP contribution in [0.3, 0.4) is 0 Å². The number of hydrogen-bond acceptors (Lipinski definition) is 5. The van der Waals surface area contributed by atoms with Crippen molar-refractivity contribution >= 4 is 11.8 Å². The zero-order valence-electron chi connectivity index (χ0n) is 7.56. The van der Waals surface area contributed by atoms with Gasteiger partial charge in [-0.25, -0.2) is 0 Å². The molecule has 1 aromatic rings. The van der Waals surface area contributed by atoms with Crippen molar-refractivity contribution in [1.29, 1.82) is 0 Å². The summed E-state index contributed by atoms with van der Waals surface area (Å²) in [6.45, 7) is 1.85. The molecule has 0 aromatic carbocycles. The van der Waals surface area contributed by atoms with Gasteiger partial charge in [-0.2, -0.15) is 0 Å². The zero-order chi connectivity index (χ0) is 9.26. The van der Waals surface area contributed by atoms with Gasteiger partial charge in [0.05, 0.1) is 11.3 Å². The molecule has 1 fully saturated rings. The lowest BCUT2D eigenvalue weighted by Crippen LogP contribution is -2.04. The molecule has 0 radical (unpaired) electrons. The van der Waals surface area contributed by atoms with Gasteiger partial charge in [0, 0.05) is 0 Å². The fourth-order valence-electron chi connectivity index (χ4n) is 1.33. The summed E-state index contributed by atoms with van der Waals surface area (Å²) in [6.07, 6.45) is 2.39. The third-order valence-electron chi connectivity index (χ3n) is 2.05. The smallest absolute Gasteiger partial charge is 0.232 e. The molecule has 0 spiro atoms. The molecule has 0 aliphatic carbocycles. The Labute approximate surface area is 81.3 Å². The minimum atomic E-state index is -0.160. The van der Waals surface area contributed by atoms with Crippen LogP contribution in [-0.4, -0.2) is 16.0 Å². The van der Waals surface area contributed by atoms with E-state index in [0.717, 1.165) is 12.3 Å². The van der Waals surface area contributed by atoms with Gasteiger partial charge < -0.3 is 10.2 Å². The van der Waals surface area contributed by atoms with Gasteiger partial charge in [0.15, 0.2) is 0 Å². The number of rotatable bonds is 2. The first-order chi connectivity index (χ1) is 6.27. The van der Waals surface area contributed by atoms with E-state index in [1.165, 1.54) is 12.2 Å². The molecule has 2 N–H and O–H groups in total. The molecule has 2 heterocycles. The summed E-state index contributed by atoms with van der Waals surface area (Å²) in [5, 5.41) is 8.31. The first kappa shape index (κ1) is 9.02. The Morgan fingerprint density at radius 3 is 3.00 bits per heavy atom. The van der Waals surface area contributed by atoms with Crippen LogP contribution in [0.1, 0.15) is 42.8 Å². The van der Waals surface area contributed by atoms with Crippen molar-refractivity contribution in [2.75, 3.05) is 5.75 Å². The second-order valence-electron chi connectivity index (χ2n) is 3.27. The predicted molar refractivity (Wildman–Crippen MR) is 51.3 cm³/mol. The van der Waals surface area contributed by atoms with E-state index in [4.69, 9.17) is 10.2 Å². The quantitative estimate of drug-likeness (QED) is 0.784. The number of aromatic nitrogens is 2. The molecule has 1 saturated heterocycles. The maximum Gasteiger partial charge on any atom is 0.232 e. The van der Waals surface area contributed by atoms with Crippen LogP contribution in [0.25, 0.3) is 0 Å². The Kier molecular flexibility index (Phi) is 2.55. The maximum atomic E-state index is 5.62. The lowest BCUT2D eigenvalue weighted by atomic mass is 10.2. The van der Waals surface area contributed by atoms with E-state index in [-0.39, 0.29) is 6.04 Å². The highest BCUT2D eigenvalue weighted by atomic mass is 32.2. The Morgan fingerprint density at radius 2 is 2.46 bits per heavy atom. The van der Waals surface area contributed by atoms with Gasteiger partial charge >= 0.3 is 0 Å².